The number of hydrogen-bond acceptors (Lipinski definition) is 7. The average Bonchev–Trinajstić information content (AvgIpc) is 3.10. The Bertz CT molecular complexity index is 1220. The van der Waals surface area contributed by atoms with Gasteiger partial charge in [-0.3, -0.25) is 0 Å². The number of aliphatic hydroxyl groups is 1. The van der Waals surface area contributed by atoms with Crippen molar-refractivity contribution >= 4 is 38.4 Å². The summed E-state index contributed by atoms with van der Waals surface area (Å²) >= 11 is 6.29. The Hall–Kier alpha value is -1.77. The number of anilines is 1. The summed E-state index contributed by atoms with van der Waals surface area (Å²) in [5.41, 5.74) is 1.53. The van der Waals surface area contributed by atoms with Gasteiger partial charge in [0.2, 0.25) is 5.95 Å². The standard InChI is InChI=1S/C19H20ClFN5O3S.Cr/c1-10(2)26-9-23-18-13(21)5-11(6-15(18)26)17-12(20)7-22-19(25-17)24-14-3-4-30(28,29)8-16(14)27;/h5-7,10,14,16,27H,3-4,8H2,1-2H3,(H,22,24,25);/q-1;/t14-,16-;/m0./s1. The number of aliphatic hydroxyl groups excluding tert-OH is 1. The van der Waals surface area contributed by atoms with Gasteiger partial charge in [0.1, 0.15) is 0 Å². The number of benzene rings is 1. The van der Waals surface area contributed by atoms with Crippen LogP contribution in [-0.2, 0) is 27.2 Å². The molecule has 0 radical (unpaired) electrons. The molecule has 1 aliphatic rings. The van der Waals surface area contributed by atoms with Crippen LogP contribution in [0.15, 0.2) is 18.3 Å². The molecule has 1 aromatic carbocycles. The molecule has 166 valence electrons. The zero-order valence-electron chi connectivity index (χ0n) is 16.7. The molecule has 2 N–H and O–H groups in total. The van der Waals surface area contributed by atoms with Crippen LogP contribution >= 0.6 is 11.6 Å². The molecule has 2 aromatic heterocycles. The molecule has 8 nitrogen and oxygen atoms in total. The molecule has 4 rings (SSSR count). The molecule has 0 bridgehead atoms. The molecule has 31 heavy (non-hydrogen) atoms. The van der Waals surface area contributed by atoms with Crippen molar-refractivity contribution in [1.29, 1.82) is 0 Å². The Kier molecular flexibility index (Phi) is 6.93. The SMILES string of the molecule is CC(C)n1[c-]nc2c(F)cc(-c3nc(N[C@H]4CCS(=O)(=O)C[C@@H]4O)ncc3Cl)cc21.[Cr]. The van der Waals surface area contributed by atoms with Gasteiger partial charge in [-0.05, 0) is 37.4 Å². The van der Waals surface area contributed by atoms with Gasteiger partial charge >= 0.3 is 0 Å². The fourth-order valence-electron chi connectivity index (χ4n) is 3.50. The van der Waals surface area contributed by atoms with E-state index < -0.39 is 27.8 Å². The maximum Gasteiger partial charge on any atom is 0.223 e. The fourth-order valence-corrected chi connectivity index (χ4v) is 5.23. The van der Waals surface area contributed by atoms with Gasteiger partial charge in [0.15, 0.2) is 9.84 Å². The van der Waals surface area contributed by atoms with E-state index in [0.29, 0.717) is 16.8 Å². The largest absolute Gasteiger partial charge is 0.445 e. The predicted octanol–water partition coefficient (Wildman–Crippen LogP) is 2.62. The van der Waals surface area contributed by atoms with Crippen molar-refractivity contribution < 1.29 is 35.3 Å². The first-order chi connectivity index (χ1) is 14.1. The normalized spacial score (nSPS) is 20.6. The third kappa shape index (κ3) is 4.86. The number of hydrogen-bond donors (Lipinski definition) is 2. The third-order valence-electron chi connectivity index (χ3n) is 5.05. The Morgan fingerprint density at radius 3 is 2.81 bits per heavy atom. The van der Waals surface area contributed by atoms with E-state index in [9.17, 15) is 17.9 Å². The number of nitrogens with one attached hydrogen (secondary N) is 1. The summed E-state index contributed by atoms with van der Waals surface area (Å²) in [4.78, 5) is 12.5. The molecule has 1 aliphatic heterocycles. The predicted molar refractivity (Wildman–Crippen MR) is 112 cm³/mol. The number of rotatable bonds is 4. The van der Waals surface area contributed by atoms with E-state index in [1.165, 1.54) is 12.3 Å². The molecular weight excluding hydrogens is 485 g/mol. The maximum absolute atomic E-state index is 14.7. The van der Waals surface area contributed by atoms with Crippen molar-refractivity contribution in [2.45, 2.75) is 38.5 Å². The van der Waals surface area contributed by atoms with Crippen LogP contribution in [0.5, 0.6) is 0 Å². The summed E-state index contributed by atoms with van der Waals surface area (Å²) in [6, 6.07) is 2.56. The van der Waals surface area contributed by atoms with Crippen LogP contribution in [0.25, 0.3) is 22.3 Å². The van der Waals surface area contributed by atoms with E-state index in [1.807, 2.05) is 13.8 Å². The Labute approximate surface area is 194 Å². The summed E-state index contributed by atoms with van der Waals surface area (Å²) in [6.45, 7) is 3.88. The number of sulfone groups is 1. The molecule has 12 heteroatoms. The zero-order valence-corrected chi connectivity index (χ0v) is 19.6. The van der Waals surface area contributed by atoms with E-state index in [1.54, 1.807) is 10.6 Å². The number of nitrogens with zero attached hydrogens (tertiary/aromatic N) is 4. The van der Waals surface area contributed by atoms with Gasteiger partial charge < -0.3 is 20.0 Å². The minimum atomic E-state index is -3.25. The number of aromatic nitrogens is 4. The molecule has 0 spiro atoms. The third-order valence-corrected chi connectivity index (χ3v) is 7.03. The molecule has 2 atom stereocenters. The second-order valence-electron chi connectivity index (χ2n) is 7.61. The summed E-state index contributed by atoms with van der Waals surface area (Å²) in [7, 11) is -3.25. The second kappa shape index (κ2) is 9.00. The quantitative estimate of drug-likeness (QED) is 0.525. The van der Waals surface area contributed by atoms with Crippen LogP contribution in [-0.4, -0.2) is 56.7 Å². The fraction of sp³-hybridized carbons (Fsp3) is 0.421. The van der Waals surface area contributed by atoms with Crippen molar-refractivity contribution in [3.8, 4) is 11.3 Å². The number of halogens is 2. The molecule has 0 aliphatic carbocycles. The van der Waals surface area contributed by atoms with Gasteiger partial charge in [-0.1, -0.05) is 23.2 Å². The van der Waals surface area contributed by atoms with Crippen LogP contribution in [0, 0.1) is 12.1 Å². The molecule has 3 heterocycles. The molecule has 3 aromatic rings. The van der Waals surface area contributed by atoms with Crippen molar-refractivity contribution in [2.75, 3.05) is 16.8 Å². The zero-order chi connectivity index (χ0) is 21.6. The van der Waals surface area contributed by atoms with Crippen molar-refractivity contribution in [1.82, 2.24) is 19.5 Å². The van der Waals surface area contributed by atoms with Crippen LogP contribution in [0.3, 0.4) is 0 Å². The minimum Gasteiger partial charge on any atom is -0.445 e. The van der Waals surface area contributed by atoms with Gasteiger partial charge in [-0.15, -0.1) is 0 Å². The van der Waals surface area contributed by atoms with Crippen molar-refractivity contribution in [3.63, 3.8) is 0 Å². The first-order valence-corrected chi connectivity index (χ1v) is 11.6. The van der Waals surface area contributed by atoms with Crippen LogP contribution in [0.4, 0.5) is 10.3 Å². The van der Waals surface area contributed by atoms with Gasteiger partial charge in [0.25, 0.3) is 0 Å². The first kappa shape index (κ1) is 23.9. The van der Waals surface area contributed by atoms with E-state index >= 15 is 0 Å². The van der Waals surface area contributed by atoms with E-state index in [0.717, 1.165) is 0 Å². The topological polar surface area (TPSA) is 110 Å². The van der Waals surface area contributed by atoms with Gasteiger partial charge in [0.05, 0.1) is 46.4 Å². The minimum absolute atomic E-state index is 0. The Balaban J connectivity index is 0.00000272. The van der Waals surface area contributed by atoms with Crippen molar-refractivity contribution in [3.05, 3.63) is 35.5 Å². The smallest absolute Gasteiger partial charge is 0.223 e. The molecular formula is C19H20ClCrFN5O3S-. The molecule has 0 unspecified atom stereocenters. The number of imidazole rings is 1. The van der Waals surface area contributed by atoms with E-state index in [4.69, 9.17) is 11.6 Å². The summed E-state index contributed by atoms with van der Waals surface area (Å²) in [6.07, 6.45) is 3.34. The van der Waals surface area contributed by atoms with Gasteiger partial charge in [-0.2, -0.15) is 0 Å². The second-order valence-corrected chi connectivity index (χ2v) is 10.2. The monoisotopic (exact) mass is 504 g/mol. The molecule has 1 fully saturated rings. The van der Waals surface area contributed by atoms with E-state index in [-0.39, 0.29) is 57.8 Å². The van der Waals surface area contributed by atoms with Crippen molar-refractivity contribution in [2.24, 2.45) is 0 Å². The first-order valence-electron chi connectivity index (χ1n) is 9.42. The van der Waals surface area contributed by atoms with Gasteiger partial charge in [-0.25, -0.2) is 22.8 Å². The van der Waals surface area contributed by atoms with Gasteiger partial charge in [0, 0.05) is 29.7 Å². The summed E-state index contributed by atoms with van der Waals surface area (Å²) in [5.74, 6) is -0.694. The van der Waals surface area contributed by atoms with Crippen LogP contribution in [0.2, 0.25) is 5.02 Å². The van der Waals surface area contributed by atoms with Crippen LogP contribution < -0.4 is 5.32 Å². The average molecular weight is 505 g/mol. The Morgan fingerprint density at radius 2 is 2.13 bits per heavy atom. The summed E-state index contributed by atoms with van der Waals surface area (Å²) < 4.78 is 39.7. The van der Waals surface area contributed by atoms with Crippen LogP contribution in [0.1, 0.15) is 26.3 Å². The summed E-state index contributed by atoms with van der Waals surface area (Å²) in [5, 5.41) is 13.3. The molecule has 0 amide bonds. The Morgan fingerprint density at radius 1 is 1.39 bits per heavy atom. The molecule has 0 saturated carbocycles. The molecule has 1 saturated heterocycles. The van der Waals surface area contributed by atoms with E-state index in [2.05, 4.69) is 26.6 Å². The number of fused-ring (bicyclic) bond motifs is 1. The maximum atomic E-state index is 14.7.